The molecule has 1 atom stereocenters. The molecular formula is C16H21FN2O2. The Bertz CT molecular complexity index is 545. The minimum absolute atomic E-state index is 0.334. The van der Waals surface area contributed by atoms with Crippen LogP contribution in [0.5, 0.6) is 0 Å². The fourth-order valence-corrected chi connectivity index (χ4v) is 2.56. The van der Waals surface area contributed by atoms with Gasteiger partial charge in [0.25, 0.3) is 0 Å². The average molecular weight is 292 g/mol. The van der Waals surface area contributed by atoms with Crippen LogP contribution in [0.3, 0.4) is 0 Å². The second-order valence-corrected chi connectivity index (χ2v) is 5.63. The van der Waals surface area contributed by atoms with Crippen molar-refractivity contribution in [2.75, 3.05) is 26.7 Å². The third-order valence-electron chi connectivity index (χ3n) is 3.85. The highest BCUT2D eigenvalue weighted by molar-refractivity contribution is 5.85. The van der Waals surface area contributed by atoms with Crippen LogP contribution in [-0.4, -0.2) is 53.6 Å². The van der Waals surface area contributed by atoms with Crippen molar-refractivity contribution in [3.63, 3.8) is 0 Å². The Kier molecular flexibility index (Phi) is 5.09. The summed E-state index contributed by atoms with van der Waals surface area (Å²) in [6.07, 6.45) is 2.44. The van der Waals surface area contributed by atoms with Crippen LogP contribution in [0.4, 0.5) is 4.39 Å². The number of piperazine rings is 1. The molecule has 1 aromatic rings. The van der Waals surface area contributed by atoms with E-state index in [1.807, 2.05) is 6.07 Å². The van der Waals surface area contributed by atoms with Gasteiger partial charge in [0.05, 0.1) is 0 Å². The topological polar surface area (TPSA) is 43.8 Å². The lowest BCUT2D eigenvalue weighted by Crippen LogP contribution is -2.49. The lowest BCUT2D eigenvalue weighted by molar-refractivity contribution is -0.131. The summed E-state index contributed by atoms with van der Waals surface area (Å²) in [5.74, 6) is -1.37. The molecule has 0 spiro atoms. The Balaban J connectivity index is 2.08. The van der Waals surface area contributed by atoms with Crippen LogP contribution in [0.25, 0.3) is 6.08 Å². The van der Waals surface area contributed by atoms with Gasteiger partial charge in [0.15, 0.2) is 0 Å². The quantitative estimate of drug-likeness (QED) is 0.863. The molecule has 1 aliphatic rings. The minimum Gasteiger partial charge on any atom is -0.478 e. The molecule has 1 fully saturated rings. The molecule has 1 aromatic carbocycles. The number of carbonyl (C=O) groups is 1. The molecule has 114 valence electrons. The standard InChI is InChI=1S/C16H21FN2O2/c1-12-10-19(6-5-18(12)2)11-14-7-13(3-4-16(20)21)8-15(17)9-14/h3-4,7-9,12H,5-6,10-11H2,1-2H3,(H,20,21). The first-order valence-electron chi connectivity index (χ1n) is 7.07. The Labute approximate surface area is 124 Å². The van der Waals surface area contributed by atoms with Gasteiger partial charge in [-0.05, 0) is 43.3 Å². The van der Waals surface area contributed by atoms with Crippen LogP contribution in [-0.2, 0) is 11.3 Å². The van der Waals surface area contributed by atoms with E-state index in [1.54, 1.807) is 0 Å². The van der Waals surface area contributed by atoms with Crippen molar-refractivity contribution in [2.24, 2.45) is 0 Å². The van der Waals surface area contributed by atoms with Crippen LogP contribution in [0, 0.1) is 5.82 Å². The highest BCUT2D eigenvalue weighted by Gasteiger charge is 2.20. The normalized spacial score (nSPS) is 21.0. The molecule has 1 aliphatic heterocycles. The first-order chi connectivity index (χ1) is 9.94. The second kappa shape index (κ2) is 6.83. The summed E-state index contributed by atoms with van der Waals surface area (Å²) in [5, 5.41) is 8.64. The van der Waals surface area contributed by atoms with Crippen LogP contribution < -0.4 is 0 Å². The third-order valence-corrected chi connectivity index (χ3v) is 3.85. The van der Waals surface area contributed by atoms with Crippen molar-refractivity contribution < 1.29 is 14.3 Å². The zero-order chi connectivity index (χ0) is 15.4. The predicted octanol–water partition coefficient (Wildman–Crippen LogP) is 2.06. The lowest BCUT2D eigenvalue weighted by Gasteiger charge is -2.37. The molecule has 4 nitrogen and oxygen atoms in total. The summed E-state index contributed by atoms with van der Waals surface area (Å²) in [7, 11) is 2.11. The first-order valence-corrected chi connectivity index (χ1v) is 7.07. The summed E-state index contributed by atoms with van der Waals surface area (Å²) >= 11 is 0. The average Bonchev–Trinajstić information content (AvgIpc) is 2.40. The van der Waals surface area contributed by atoms with E-state index in [4.69, 9.17) is 5.11 Å². The largest absolute Gasteiger partial charge is 0.478 e. The molecule has 0 bridgehead atoms. The van der Waals surface area contributed by atoms with Crippen LogP contribution in [0.15, 0.2) is 24.3 Å². The number of carboxylic acid groups (broad SMARTS) is 1. The molecule has 0 saturated carbocycles. The molecule has 0 amide bonds. The van der Waals surface area contributed by atoms with Gasteiger partial charge in [0, 0.05) is 38.3 Å². The monoisotopic (exact) mass is 292 g/mol. The van der Waals surface area contributed by atoms with Crippen molar-refractivity contribution in [2.45, 2.75) is 19.5 Å². The summed E-state index contributed by atoms with van der Waals surface area (Å²) < 4.78 is 13.6. The number of halogens is 1. The molecule has 1 N–H and O–H groups in total. The number of hydrogen-bond donors (Lipinski definition) is 1. The van der Waals surface area contributed by atoms with Gasteiger partial charge in [-0.1, -0.05) is 6.07 Å². The van der Waals surface area contributed by atoms with Crippen molar-refractivity contribution in [3.8, 4) is 0 Å². The second-order valence-electron chi connectivity index (χ2n) is 5.63. The van der Waals surface area contributed by atoms with E-state index < -0.39 is 5.97 Å². The fraction of sp³-hybridized carbons (Fsp3) is 0.438. The van der Waals surface area contributed by atoms with Gasteiger partial charge in [-0.2, -0.15) is 0 Å². The Morgan fingerprint density at radius 3 is 2.86 bits per heavy atom. The van der Waals surface area contributed by atoms with Gasteiger partial charge < -0.3 is 10.0 Å². The molecule has 21 heavy (non-hydrogen) atoms. The number of rotatable bonds is 4. The van der Waals surface area contributed by atoms with Gasteiger partial charge in [0.2, 0.25) is 0 Å². The molecule has 0 aliphatic carbocycles. The third kappa shape index (κ3) is 4.65. The van der Waals surface area contributed by atoms with Crippen molar-refractivity contribution in [1.29, 1.82) is 0 Å². The number of benzene rings is 1. The number of carboxylic acids is 1. The van der Waals surface area contributed by atoms with Gasteiger partial charge in [-0.3, -0.25) is 4.90 Å². The van der Waals surface area contributed by atoms with E-state index in [0.29, 0.717) is 18.2 Å². The minimum atomic E-state index is -1.03. The lowest BCUT2D eigenvalue weighted by atomic mass is 10.1. The molecule has 5 heteroatoms. The summed E-state index contributed by atoms with van der Waals surface area (Å²) in [5.41, 5.74) is 1.45. The molecule has 1 saturated heterocycles. The number of aliphatic carboxylic acids is 1. The first kappa shape index (κ1) is 15.7. The van der Waals surface area contributed by atoms with Gasteiger partial charge in [-0.15, -0.1) is 0 Å². The summed E-state index contributed by atoms with van der Waals surface area (Å²) in [6, 6.07) is 5.18. The smallest absolute Gasteiger partial charge is 0.328 e. The maximum Gasteiger partial charge on any atom is 0.328 e. The van der Waals surface area contributed by atoms with Gasteiger partial charge >= 0.3 is 5.97 Å². The van der Waals surface area contributed by atoms with E-state index in [1.165, 1.54) is 18.2 Å². The zero-order valence-electron chi connectivity index (χ0n) is 12.4. The van der Waals surface area contributed by atoms with Gasteiger partial charge in [-0.25, -0.2) is 9.18 Å². The highest BCUT2D eigenvalue weighted by Crippen LogP contribution is 2.15. The fourth-order valence-electron chi connectivity index (χ4n) is 2.56. The summed E-state index contributed by atoms with van der Waals surface area (Å²) in [6.45, 7) is 5.77. The van der Waals surface area contributed by atoms with Crippen LogP contribution >= 0.6 is 0 Å². The number of hydrogen-bond acceptors (Lipinski definition) is 3. The summed E-state index contributed by atoms with van der Waals surface area (Å²) in [4.78, 5) is 15.1. The molecule has 0 aromatic heterocycles. The number of nitrogens with zero attached hydrogens (tertiary/aromatic N) is 2. The Hall–Kier alpha value is -1.72. The Morgan fingerprint density at radius 1 is 1.43 bits per heavy atom. The Morgan fingerprint density at radius 2 is 2.19 bits per heavy atom. The van der Waals surface area contributed by atoms with Gasteiger partial charge in [0.1, 0.15) is 5.82 Å². The van der Waals surface area contributed by atoms with E-state index in [-0.39, 0.29) is 5.82 Å². The predicted molar refractivity (Wildman–Crippen MR) is 80.4 cm³/mol. The molecule has 1 heterocycles. The van der Waals surface area contributed by atoms with E-state index in [2.05, 4.69) is 23.8 Å². The highest BCUT2D eigenvalue weighted by atomic mass is 19.1. The maximum atomic E-state index is 13.6. The van der Waals surface area contributed by atoms with Crippen molar-refractivity contribution in [1.82, 2.24) is 9.80 Å². The van der Waals surface area contributed by atoms with E-state index >= 15 is 0 Å². The maximum absolute atomic E-state index is 13.6. The van der Waals surface area contributed by atoms with Crippen molar-refractivity contribution in [3.05, 3.63) is 41.2 Å². The van der Waals surface area contributed by atoms with Crippen molar-refractivity contribution >= 4 is 12.0 Å². The van der Waals surface area contributed by atoms with Crippen LogP contribution in [0.1, 0.15) is 18.1 Å². The molecule has 2 rings (SSSR count). The van der Waals surface area contributed by atoms with Crippen LogP contribution in [0.2, 0.25) is 0 Å². The SMILES string of the molecule is CC1CN(Cc2cc(F)cc(C=CC(=O)O)c2)CCN1C. The van der Waals surface area contributed by atoms with E-state index in [9.17, 15) is 9.18 Å². The van der Waals surface area contributed by atoms with E-state index in [0.717, 1.165) is 31.3 Å². The number of likely N-dealkylation sites (N-methyl/N-ethyl adjacent to an activating group) is 1. The zero-order valence-corrected chi connectivity index (χ0v) is 12.4. The molecule has 1 unspecified atom stereocenters. The molecular weight excluding hydrogens is 271 g/mol. The molecule has 0 radical (unpaired) electrons.